The summed E-state index contributed by atoms with van der Waals surface area (Å²) >= 11 is 0. The first-order valence-corrected chi connectivity index (χ1v) is 9.86. The van der Waals surface area contributed by atoms with Crippen LogP contribution >= 0.6 is 0 Å². The van der Waals surface area contributed by atoms with Crippen LogP contribution in [0.25, 0.3) is 27.6 Å². The molecule has 0 amide bonds. The van der Waals surface area contributed by atoms with Crippen molar-refractivity contribution in [1.29, 1.82) is 0 Å². The van der Waals surface area contributed by atoms with Gasteiger partial charge in [0.25, 0.3) is 0 Å². The molecule has 0 saturated heterocycles. The summed E-state index contributed by atoms with van der Waals surface area (Å²) in [6, 6.07) is 11.1. The molecule has 0 aliphatic heterocycles. The standard InChI is InChI=1S/C18H15F2N3O3S/c1-22-10-15-14-9-13(27(2,24)25)7-8-16(14)23(17(15)21-22)11-3-5-12(6-4-11)26-18(19)20/h3-10,18H,1-2H3. The highest BCUT2D eigenvalue weighted by atomic mass is 32.2. The molecule has 2 aromatic carbocycles. The third kappa shape index (κ3) is 3.03. The van der Waals surface area contributed by atoms with Crippen molar-refractivity contribution in [2.45, 2.75) is 11.5 Å². The summed E-state index contributed by atoms with van der Waals surface area (Å²) in [6.45, 7) is -2.89. The van der Waals surface area contributed by atoms with Gasteiger partial charge in [-0.3, -0.25) is 9.25 Å². The molecule has 9 heteroatoms. The van der Waals surface area contributed by atoms with Gasteiger partial charge in [-0.1, -0.05) is 0 Å². The van der Waals surface area contributed by atoms with Crippen LogP contribution in [-0.2, 0) is 16.9 Å². The molecule has 0 unspecified atom stereocenters. The predicted molar refractivity (Wildman–Crippen MR) is 97.3 cm³/mol. The van der Waals surface area contributed by atoms with Crippen molar-refractivity contribution in [2.75, 3.05) is 6.26 Å². The largest absolute Gasteiger partial charge is 0.435 e. The summed E-state index contributed by atoms with van der Waals surface area (Å²) in [5.41, 5.74) is 2.10. The minimum atomic E-state index is -3.35. The first-order valence-electron chi connectivity index (χ1n) is 7.97. The molecule has 2 heterocycles. The van der Waals surface area contributed by atoms with E-state index in [4.69, 9.17) is 0 Å². The van der Waals surface area contributed by atoms with Gasteiger partial charge >= 0.3 is 6.61 Å². The summed E-state index contributed by atoms with van der Waals surface area (Å²) in [7, 11) is -1.58. The van der Waals surface area contributed by atoms with Gasteiger partial charge in [0.15, 0.2) is 15.5 Å². The lowest BCUT2D eigenvalue weighted by Crippen LogP contribution is -2.02. The Morgan fingerprint density at radius 3 is 2.41 bits per heavy atom. The number of hydrogen-bond donors (Lipinski definition) is 0. The minimum Gasteiger partial charge on any atom is -0.435 e. The van der Waals surface area contributed by atoms with E-state index in [1.807, 2.05) is 10.8 Å². The fraction of sp³-hybridized carbons (Fsp3) is 0.167. The minimum absolute atomic E-state index is 0.0573. The lowest BCUT2D eigenvalue weighted by atomic mass is 10.2. The Morgan fingerprint density at radius 2 is 1.78 bits per heavy atom. The fourth-order valence-corrected chi connectivity index (χ4v) is 3.79. The van der Waals surface area contributed by atoms with Crippen molar-refractivity contribution in [3.8, 4) is 11.4 Å². The van der Waals surface area contributed by atoms with Gasteiger partial charge in [-0.2, -0.15) is 13.9 Å². The van der Waals surface area contributed by atoms with E-state index in [-0.39, 0.29) is 10.6 Å². The molecular weight excluding hydrogens is 376 g/mol. The number of aromatic nitrogens is 3. The molecule has 0 bridgehead atoms. The SMILES string of the molecule is Cn1cc2c3cc(S(C)(=O)=O)ccc3n(-c3ccc(OC(F)F)cc3)c2n1. The average Bonchev–Trinajstić information content (AvgIpc) is 3.09. The van der Waals surface area contributed by atoms with E-state index >= 15 is 0 Å². The number of alkyl halides is 2. The van der Waals surface area contributed by atoms with Crippen molar-refractivity contribution in [3.63, 3.8) is 0 Å². The highest BCUT2D eigenvalue weighted by molar-refractivity contribution is 7.90. The van der Waals surface area contributed by atoms with Crippen LogP contribution in [-0.4, -0.2) is 35.6 Å². The third-order valence-electron chi connectivity index (χ3n) is 4.27. The predicted octanol–water partition coefficient (Wildman–Crippen LogP) is 3.52. The monoisotopic (exact) mass is 391 g/mol. The number of aryl methyl sites for hydroxylation is 1. The van der Waals surface area contributed by atoms with Crippen LogP contribution in [0.1, 0.15) is 0 Å². The number of sulfone groups is 1. The smallest absolute Gasteiger partial charge is 0.387 e. The van der Waals surface area contributed by atoms with Gasteiger partial charge in [-0.05, 0) is 42.5 Å². The highest BCUT2D eigenvalue weighted by Crippen LogP contribution is 2.33. The van der Waals surface area contributed by atoms with Gasteiger partial charge in [0.1, 0.15) is 5.75 Å². The van der Waals surface area contributed by atoms with Crippen LogP contribution in [0.4, 0.5) is 8.78 Å². The lowest BCUT2D eigenvalue weighted by Gasteiger charge is -2.09. The van der Waals surface area contributed by atoms with Crippen molar-refractivity contribution >= 4 is 31.8 Å². The molecule has 0 saturated carbocycles. The van der Waals surface area contributed by atoms with Crippen molar-refractivity contribution in [3.05, 3.63) is 48.7 Å². The second-order valence-electron chi connectivity index (χ2n) is 6.20. The Hall–Kier alpha value is -2.94. The number of fused-ring (bicyclic) bond motifs is 3. The number of rotatable bonds is 4. The zero-order chi connectivity index (χ0) is 19.3. The van der Waals surface area contributed by atoms with E-state index in [0.717, 1.165) is 22.5 Å². The maximum Gasteiger partial charge on any atom is 0.387 e. The molecule has 140 valence electrons. The Labute approximate surface area is 153 Å². The van der Waals surface area contributed by atoms with E-state index in [1.54, 1.807) is 42.1 Å². The Kier molecular flexibility index (Phi) is 3.92. The molecular formula is C18H15F2N3O3S. The van der Waals surface area contributed by atoms with Gasteiger partial charge in [0.2, 0.25) is 0 Å². The quantitative estimate of drug-likeness (QED) is 0.534. The number of hydrogen-bond acceptors (Lipinski definition) is 4. The van der Waals surface area contributed by atoms with Crippen LogP contribution in [0.2, 0.25) is 0 Å². The third-order valence-corrected chi connectivity index (χ3v) is 5.38. The molecule has 6 nitrogen and oxygen atoms in total. The average molecular weight is 391 g/mol. The van der Waals surface area contributed by atoms with Crippen LogP contribution < -0.4 is 4.74 Å². The van der Waals surface area contributed by atoms with Crippen molar-refractivity contribution in [1.82, 2.24) is 14.3 Å². The summed E-state index contributed by atoms with van der Waals surface area (Å²) in [5, 5.41) is 6.01. The lowest BCUT2D eigenvalue weighted by molar-refractivity contribution is -0.0498. The van der Waals surface area contributed by atoms with Gasteiger partial charge < -0.3 is 4.74 Å². The Bertz CT molecular complexity index is 1260. The van der Waals surface area contributed by atoms with Crippen molar-refractivity contribution < 1.29 is 21.9 Å². The summed E-state index contributed by atoms with van der Waals surface area (Å²) < 4.78 is 56.4. The second kappa shape index (κ2) is 6.05. The Morgan fingerprint density at radius 1 is 1.07 bits per heavy atom. The molecule has 0 N–H and O–H groups in total. The molecule has 27 heavy (non-hydrogen) atoms. The number of halogens is 2. The zero-order valence-corrected chi connectivity index (χ0v) is 15.2. The van der Waals surface area contributed by atoms with Crippen LogP contribution in [0.5, 0.6) is 5.75 Å². The molecule has 0 atom stereocenters. The fourth-order valence-electron chi connectivity index (χ4n) is 3.14. The van der Waals surface area contributed by atoms with Crippen molar-refractivity contribution in [2.24, 2.45) is 7.05 Å². The van der Waals surface area contributed by atoms with E-state index in [0.29, 0.717) is 11.3 Å². The molecule has 0 radical (unpaired) electrons. The van der Waals surface area contributed by atoms with Gasteiger partial charge in [0, 0.05) is 36.0 Å². The summed E-state index contributed by atoms with van der Waals surface area (Å²) in [6.07, 6.45) is 2.97. The number of benzene rings is 2. The van der Waals surface area contributed by atoms with E-state index in [9.17, 15) is 17.2 Å². The number of ether oxygens (including phenoxy) is 1. The highest BCUT2D eigenvalue weighted by Gasteiger charge is 2.18. The van der Waals surface area contributed by atoms with Gasteiger partial charge in [-0.15, -0.1) is 0 Å². The van der Waals surface area contributed by atoms with Crippen LogP contribution in [0.15, 0.2) is 53.6 Å². The maximum atomic E-state index is 12.4. The molecule has 0 aliphatic rings. The number of nitrogens with zero attached hydrogens (tertiary/aromatic N) is 3. The summed E-state index contributed by atoms with van der Waals surface area (Å²) in [5.74, 6) is 0.0573. The Balaban J connectivity index is 1.96. The molecule has 0 aliphatic carbocycles. The molecule has 4 rings (SSSR count). The molecule has 0 fully saturated rings. The molecule has 2 aromatic heterocycles. The topological polar surface area (TPSA) is 66.1 Å². The second-order valence-corrected chi connectivity index (χ2v) is 8.21. The van der Waals surface area contributed by atoms with Crippen LogP contribution in [0, 0.1) is 0 Å². The van der Waals surface area contributed by atoms with Crippen LogP contribution in [0.3, 0.4) is 0 Å². The first-order chi connectivity index (χ1) is 12.7. The van der Waals surface area contributed by atoms with Gasteiger partial charge in [0.05, 0.1) is 10.4 Å². The van der Waals surface area contributed by atoms with Gasteiger partial charge in [-0.25, -0.2) is 8.42 Å². The van der Waals surface area contributed by atoms with E-state index in [1.165, 1.54) is 12.1 Å². The van der Waals surface area contributed by atoms with E-state index < -0.39 is 16.4 Å². The summed E-state index contributed by atoms with van der Waals surface area (Å²) in [4.78, 5) is 0.221. The molecule has 4 aromatic rings. The normalized spacial score (nSPS) is 12.3. The first kappa shape index (κ1) is 17.5. The zero-order valence-electron chi connectivity index (χ0n) is 14.4. The maximum absolute atomic E-state index is 12.4. The van der Waals surface area contributed by atoms with E-state index in [2.05, 4.69) is 9.84 Å². The molecule has 0 spiro atoms.